The van der Waals surface area contributed by atoms with Gasteiger partial charge in [-0.2, -0.15) is 0 Å². The predicted molar refractivity (Wildman–Crippen MR) is 67.3 cm³/mol. The van der Waals surface area contributed by atoms with Crippen molar-refractivity contribution in [2.24, 2.45) is 0 Å². The Labute approximate surface area is 104 Å². The molecule has 2 nitrogen and oxygen atoms in total. The van der Waals surface area contributed by atoms with E-state index in [2.05, 4.69) is 40.2 Å². The van der Waals surface area contributed by atoms with Gasteiger partial charge in [-0.25, -0.2) is 0 Å². The molecule has 2 atom stereocenters. The Morgan fingerprint density at radius 1 is 1.38 bits per heavy atom. The van der Waals surface area contributed by atoms with Crippen molar-refractivity contribution in [3.05, 3.63) is 46.6 Å². The Morgan fingerprint density at radius 2 is 2.12 bits per heavy atom. The summed E-state index contributed by atoms with van der Waals surface area (Å²) in [6, 6.07) is 10.4. The van der Waals surface area contributed by atoms with Gasteiger partial charge in [-0.1, -0.05) is 46.3 Å². The molecule has 3 heteroatoms. The molecular formula is C13H15BrO2. The lowest BCUT2D eigenvalue weighted by Crippen LogP contribution is -2.22. The highest BCUT2D eigenvalue weighted by Crippen LogP contribution is 2.37. The fraction of sp³-hybridized carbons (Fsp3) is 0.385. The number of hydrogen-bond donors (Lipinski definition) is 0. The van der Waals surface area contributed by atoms with E-state index >= 15 is 0 Å². The van der Waals surface area contributed by atoms with Crippen LogP contribution in [0.5, 0.6) is 0 Å². The van der Waals surface area contributed by atoms with E-state index in [1.807, 2.05) is 13.0 Å². The Bertz CT molecular complexity index is 361. The van der Waals surface area contributed by atoms with Crippen LogP contribution >= 0.6 is 15.9 Å². The van der Waals surface area contributed by atoms with E-state index in [1.165, 1.54) is 5.56 Å². The Hall–Kier alpha value is -0.800. The molecule has 0 saturated heterocycles. The van der Waals surface area contributed by atoms with Gasteiger partial charge in [-0.3, -0.25) is 0 Å². The molecule has 16 heavy (non-hydrogen) atoms. The predicted octanol–water partition coefficient (Wildman–Crippen LogP) is 3.79. The molecule has 1 heterocycles. The average Bonchev–Trinajstić information content (AvgIpc) is 2.33. The molecule has 0 N–H and O–H groups in total. The number of ether oxygens (including phenoxy) is 2. The maximum absolute atomic E-state index is 5.50. The van der Waals surface area contributed by atoms with E-state index in [0.29, 0.717) is 12.5 Å². The van der Waals surface area contributed by atoms with Crippen LogP contribution in [0.3, 0.4) is 0 Å². The summed E-state index contributed by atoms with van der Waals surface area (Å²) < 4.78 is 12.0. The standard InChI is InChI=1S/C13H15BrO2/c1-2-15-13-8-11(12(14)9-16-13)10-6-4-3-5-7-10/h3-7,9,11,13H,2,8H2,1H3/t11-,13+/m1/s1. The molecule has 0 fully saturated rings. The van der Waals surface area contributed by atoms with Gasteiger partial charge in [0.2, 0.25) is 0 Å². The first-order valence-electron chi connectivity index (χ1n) is 5.49. The molecule has 1 aliphatic heterocycles. The van der Waals surface area contributed by atoms with Crippen LogP contribution in [0.15, 0.2) is 41.1 Å². The van der Waals surface area contributed by atoms with Crippen molar-refractivity contribution in [3.8, 4) is 0 Å². The first kappa shape index (κ1) is 11.7. The molecule has 0 radical (unpaired) electrons. The fourth-order valence-electron chi connectivity index (χ4n) is 1.86. The van der Waals surface area contributed by atoms with E-state index < -0.39 is 0 Å². The third-order valence-electron chi connectivity index (χ3n) is 2.65. The van der Waals surface area contributed by atoms with Gasteiger partial charge in [0.25, 0.3) is 0 Å². The summed E-state index contributed by atoms with van der Waals surface area (Å²) in [6.45, 7) is 2.66. The summed E-state index contributed by atoms with van der Waals surface area (Å²) in [5, 5.41) is 0. The van der Waals surface area contributed by atoms with Crippen LogP contribution in [-0.2, 0) is 9.47 Å². The molecule has 86 valence electrons. The molecule has 0 amide bonds. The fourth-order valence-corrected chi connectivity index (χ4v) is 2.42. The zero-order valence-electron chi connectivity index (χ0n) is 9.23. The molecule has 1 aromatic carbocycles. The van der Waals surface area contributed by atoms with Gasteiger partial charge in [0.15, 0.2) is 6.29 Å². The first-order chi connectivity index (χ1) is 7.81. The van der Waals surface area contributed by atoms with E-state index in [9.17, 15) is 0 Å². The van der Waals surface area contributed by atoms with Crippen molar-refractivity contribution in [2.45, 2.75) is 25.6 Å². The van der Waals surface area contributed by atoms with E-state index in [4.69, 9.17) is 9.47 Å². The van der Waals surface area contributed by atoms with Crippen molar-refractivity contribution >= 4 is 15.9 Å². The molecular weight excluding hydrogens is 268 g/mol. The lowest BCUT2D eigenvalue weighted by Gasteiger charge is -2.27. The lowest BCUT2D eigenvalue weighted by atomic mass is 9.94. The highest BCUT2D eigenvalue weighted by Gasteiger charge is 2.25. The van der Waals surface area contributed by atoms with Crippen LogP contribution in [-0.4, -0.2) is 12.9 Å². The molecule has 0 unspecified atom stereocenters. The topological polar surface area (TPSA) is 18.5 Å². The number of allylic oxidation sites excluding steroid dienone is 1. The van der Waals surface area contributed by atoms with Gasteiger partial charge < -0.3 is 9.47 Å². The normalized spacial score (nSPS) is 24.8. The maximum atomic E-state index is 5.50. The minimum Gasteiger partial charge on any atom is -0.472 e. The second-order valence-electron chi connectivity index (χ2n) is 3.72. The van der Waals surface area contributed by atoms with E-state index in [1.54, 1.807) is 6.26 Å². The molecule has 0 bridgehead atoms. The molecule has 0 aromatic heterocycles. The Balaban J connectivity index is 2.14. The zero-order valence-corrected chi connectivity index (χ0v) is 10.8. The van der Waals surface area contributed by atoms with Crippen LogP contribution in [0.25, 0.3) is 0 Å². The molecule has 0 aliphatic carbocycles. The Morgan fingerprint density at radius 3 is 2.81 bits per heavy atom. The van der Waals surface area contributed by atoms with Gasteiger partial charge in [0.1, 0.15) is 0 Å². The molecule has 1 aliphatic rings. The average molecular weight is 283 g/mol. The number of rotatable bonds is 3. The Kier molecular flexibility index (Phi) is 4.02. The van der Waals surface area contributed by atoms with Crippen LogP contribution in [0.2, 0.25) is 0 Å². The van der Waals surface area contributed by atoms with Gasteiger partial charge in [-0.05, 0) is 12.5 Å². The van der Waals surface area contributed by atoms with Gasteiger partial charge >= 0.3 is 0 Å². The maximum Gasteiger partial charge on any atom is 0.199 e. The largest absolute Gasteiger partial charge is 0.472 e. The summed E-state index contributed by atoms with van der Waals surface area (Å²) in [5.41, 5.74) is 1.29. The van der Waals surface area contributed by atoms with Crippen molar-refractivity contribution in [2.75, 3.05) is 6.61 Å². The smallest absolute Gasteiger partial charge is 0.199 e. The van der Waals surface area contributed by atoms with Crippen molar-refractivity contribution in [1.29, 1.82) is 0 Å². The zero-order chi connectivity index (χ0) is 11.4. The third kappa shape index (κ3) is 2.66. The summed E-state index contributed by atoms with van der Waals surface area (Å²) in [4.78, 5) is 0. The van der Waals surface area contributed by atoms with Crippen LogP contribution in [0.1, 0.15) is 24.8 Å². The number of halogens is 1. The molecule has 1 aromatic rings. The van der Waals surface area contributed by atoms with Gasteiger partial charge in [0.05, 0.1) is 6.26 Å². The highest BCUT2D eigenvalue weighted by atomic mass is 79.9. The van der Waals surface area contributed by atoms with Crippen molar-refractivity contribution in [1.82, 2.24) is 0 Å². The SMILES string of the molecule is CCO[C@@H]1C[C@H](c2ccccc2)C(Br)=CO1. The van der Waals surface area contributed by atoms with Crippen molar-refractivity contribution in [3.63, 3.8) is 0 Å². The second kappa shape index (κ2) is 5.51. The van der Waals surface area contributed by atoms with Gasteiger partial charge in [0, 0.05) is 23.4 Å². The summed E-state index contributed by atoms with van der Waals surface area (Å²) >= 11 is 3.55. The summed E-state index contributed by atoms with van der Waals surface area (Å²) in [5.74, 6) is 0.339. The van der Waals surface area contributed by atoms with Crippen LogP contribution < -0.4 is 0 Å². The number of hydrogen-bond acceptors (Lipinski definition) is 2. The van der Waals surface area contributed by atoms with Crippen LogP contribution in [0.4, 0.5) is 0 Å². The van der Waals surface area contributed by atoms with E-state index in [-0.39, 0.29) is 6.29 Å². The minimum atomic E-state index is -0.128. The monoisotopic (exact) mass is 282 g/mol. The first-order valence-corrected chi connectivity index (χ1v) is 6.28. The molecule has 0 spiro atoms. The van der Waals surface area contributed by atoms with E-state index in [0.717, 1.165) is 10.9 Å². The molecule has 2 rings (SSSR count). The minimum absolute atomic E-state index is 0.128. The quantitative estimate of drug-likeness (QED) is 0.840. The van der Waals surface area contributed by atoms with Crippen molar-refractivity contribution < 1.29 is 9.47 Å². The number of benzene rings is 1. The third-order valence-corrected chi connectivity index (χ3v) is 3.39. The lowest BCUT2D eigenvalue weighted by molar-refractivity contribution is -0.114. The van der Waals surface area contributed by atoms with Crippen LogP contribution in [0, 0.1) is 0 Å². The second-order valence-corrected chi connectivity index (χ2v) is 4.64. The summed E-state index contributed by atoms with van der Waals surface area (Å²) in [7, 11) is 0. The summed E-state index contributed by atoms with van der Waals surface area (Å²) in [6.07, 6.45) is 2.48. The van der Waals surface area contributed by atoms with Gasteiger partial charge in [-0.15, -0.1) is 0 Å². The molecule has 0 saturated carbocycles. The highest BCUT2D eigenvalue weighted by molar-refractivity contribution is 9.11.